The lowest BCUT2D eigenvalue weighted by molar-refractivity contribution is -0.119. The van der Waals surface area contributed by atoms with Gasteiger partial charge in [-0.05, 0) is 47.7 Å². The normalized spacial score (nSPS) is 15.1. The second-order valence-electron chi connectivity index (χ2n) is 6.38. The van der Waals surface area contributed by atoms with E-state index >= 15 is 0 Å². The average molecular weight is 371 g/mol. The second kappa shape index (κ2) is 7.19. The Kier molecular flexibility index (Phi) is 4.94. The van der Waals surface area contributed by atoms with Crippen LogP contribution in [0.4, 0.5) is 0 Å². The molecule has 0 saturated carbocycles. The lowest BCUT2D eigenvalue weighted by atomic mass is 9.95. The summed E-state index contributed by atoms with van der Waals surface area (Å²) in [6.45, 7) is 1.41. The molecular weight excluding hydrogens is 350 g/mol. The largest absolute Gasteiger partial charge is 0.504 e. The molecule has 0 bridgehead atoms. The Morgan fingerprint density at radius 2 is 1.81 bits per heavy atom. The molecule has 7 nitrogen and oxygen atoms in total. The molecule has 1 aliphatic rings. The Hall–Kier alpha value is -3.22. The van der Waals surface area contributed by atoms with Crippen LogP contribution < -0.4 is 20.2 Å². The summed E-state index contributed by atoms with van der Waals surface area (Å²) in [7, 11) is 2.80. The first-order valence-corrected chi connectivity index (χ1v) is 8.48. The summed E-state index contributed by atoms with van der Waals surface area (Å²) in [5, 5.41) is 23.8. The summed E-state index contributed by atoms with van der Waals surface area (Å²) in [5.74, 6) is -0.628. The van der Waals surface area contributed by atoms with Crippen LogP contribution in [0.3, 0.4) is 0 Å². The molecule has 0 saturated heterocycles. The van der Waals surface area contributed by atoms with Crippen molar-refractivity contribution >= 4 is 5.91 Å². The molecule has 1 atom stereocenters. The predicted octanol–water partition coefficient (Wildman–Crippen LogP) is 2.27. The van der Waals surface area contributed by atoms with E-state index in [9.17, 15) is 19.8 Å². The number of rotatable bonds is 3. The van der Waals surface area contributed by atoms with Crippen molar-refractivity contribution in [2.24, 2.45) is 0 Å². The summed E-state index contributed by atoms with van der Waals surface area (Å²) < 4.78 is 10.3. The van der Waals surface area contributed by atoms with Crippen LogP contribution in [-0.4, -0.2) is 30.3 Å². The number of fused-ring (bicyclic) bond motifs is 3. The quantitative estimate of drug-likeness (QED) is 0.715. The van der Waals surface area contributed by atoms with Gasteiger partial charge in [-0.1, -0.05) is 6.07 Å². The number of aromatic hydroxyl groups is 2. The van der Waals surface area contributed by atoms with Crippen LogP contribution in [0.5, 0.6) is 23.0 Å². The van der Waals surface area contributed by atoms with E-state index in [1.165, 1.54) is 33.3 Å². The summed E-state index contributed by atoms with van der Waals surface area (Å²) in [6, 6.07) is 5.81. The van der Waals surface area contributed by atoms with E-state index < -0.39 is 6.04 Å². The first-order chi connectivity index (χ1) is 12.9. The SMILES string of the molecule is COc1cc2c(c(O)c1O)-c1ccc(OC)c(=O)cc1[C@@H](NC(C)=O)CC2. The van der Waals surface area contributed by atoms with E-state index in [4.69, 9.17) is 9.47 Å². The molecule has 0 heterocycles. The second-order valence-corrected chi connectivity index (χ2v) is 6.38. The number of phenols is 2. The molecular formula is C20H21NO6. The zero-order chi connectivity index (χ0) is 19.7. The van der Waals surface area contributed by atoms with Gasteiger partial charge in [-0.25, -0.2) is 0 Å². The molecule has 3 rings (SSSR count). The highest BCUT2D eigenvalue weighted by Crippen LogP contribution is 2.49. The van der Waals surface area contributed by atoms with Crippen molar-refractivity contribution < 1.29 is 24.5 Å². The Morgan fingerprint density at radius 3 is 2.44 bits per heavy atom. The maximum absolute atomic E-state index is 12.5. The fourth-order valence-corrected chi connectivity index (χ4v) is 3.50. The molecule has 0 spiro atoms. The summed E-state index contributed by atoms with van der Waals surface area (Å²) in [4.78, 5) is 24.2. The van der Waals surface area contributed by atoms with E-state index in [1.54, 1.807) is 12.1 Å². The number of phenolic OH excluding ortho intramolecular Hbond substituents is 2. The molecule has 1 aliphatic carbocycles. The first-order valence-electron chi connectivity index (χ1n) is 8.48. The highest BCUT2D eigenvalue weighted by Gasteiger charge is 2.28. The van der Waals surface area contributed by atoms with Gasteiger partial charge in [-0.15, -0.1) is 0 Å². The van der Waals surface area contributed by atoms with Gasteiger partial charge in [0.2, 0.25) is 17.1 Å². The van der Waals surface area contributed by atoms with Crippen molar-refractivity contribution in [2.45, 2.75) is 25.8 Å². The average Bonchev–Trinajstić information content (AvgIpc) is 2.87. The van der Waals surface area contributed by atoms with E-state index in [-0.39, 0.29) is 34.3 Å². The van der Waals surface area contributed by atoms with Gasteiger partial charge in [0.25, 0.3) is 0 Å². The maximum Gasteiger partial charge on any atom is 0.220 e. The molecule has 1 amide bonds. The number of hydrogen-bond donors (Lipinski definition) is 3. The molecule has 7 heteroatoms. The maximum atomic E-state index is 12.5. The lowest BCUT2D eigenvalue weighted by Gasteiger charge is -2.17. The van der Waals surface area contributed by atoms with Gasteiger partial charge in [0.05, 0.1) is 20.3 Å². The van der Waals surface area contributed by atoms with Crippen LogP contribution in [0, 0.1) is 0 Å². The number of aryl methyl sites for hydroxylation is 1. The number of carbonyl (C=O) groups excluding carboxylic acids is 1. The highest BCUT2D eigenvalue weighted by atomic mass is 16.5. The lowest BCUT2D eigenvalue weighted by Crippen LogP contribution is -2.26. The Balaban J connectivity index is 2.37. The van der Waals surface area contributed by atoms with Crippen LogP contribution in [0.1, 0.15) is 30.5 Å². The topological polar surface area (TPSA) is 105 Å². The molecule has 0 aliphatic heterocycles. The minimum Gasteiger partial charge on any atom is -0.504 e. The first kappa shape index (κ1) is 18.6. The molecule has 0 aromatic heterocycles. The van der Waals surface area contributed by atoms with Crippen molar-refractivity contribution in [2.75, 3.05) is 14.2 Å². The molecule has 142 valence electrons. The predicted molar refractivity (Wildman–Crippen MR) is 99.5 cm³/mol. The standard InChI is InChI=1S/C20H21NO6/c1-10(22)21-14-6-4-11-8-17(27-3)19(24)20(25)18(11)12-5-7-16(26-2)15(23)9-13(12)14/h5,7-9,14,24-25H,4,6H2,1-3H3,(H,21,22)/t14-/m0/s1. The molecule has 27 heavy (non-hydrogen) atoms. The minimum absolute atomic E-state index is 0.142. The number of benzene rings is 1. The van der Waals surface area contributed by atoms with E-state index in [0.29, 0.717) is 29.5 Å². The van der Waals surface area contributed by atoms with E-state index in [0.717, 1.165) is 5.56 Å². The Labute approximate surface area is 156 Å². The third-order valence-electron chi connectivity index (χ3n) is 4.73. The van der Waals surface area contributed by atoms with E-state index in [2.05, 4.69) is 5.32 Å². The van der Waals surface area contributed by atoms with Crippen molar-refractivity contribution in [3.63, 3.8) is 0 Å². The van der Waals surface area contributed by atoms with Crippen molar-refractivity contribution in [3.05, 3.63) is 45.6 Å². The number of hydrogen-bond acceptors (Lipinski definition) is 6. The summed E-state index contributed by atoms with van der Waals surface area (Å²) in [6.07, 6.45) is 1.02. The Morgan fingerprint density at radius 1 is 1.11 bits per heavy atom. The number of methoxy groups -OCH3 is 2. The Bertz CT molecular complexity index is 969. The molecule has 0 fully saturated rings. The van der Waals surface area contributed by atoms with Crippen LogP contribution in [-0.2, 0) is 11.2 Å². The zero-order valence-corrected chi connectivity index (χ0v) is 15.3. The highest BCUT2D eigenvalue weighted by molar-refractivity contribution is 5.82. The zero-order valence-electron chi connectivity index (χ0n) is 15.3. The summed E-state index contributed by atoms with van der Waals surface area (Å²) in [5.41, 5.74) is 1.91. The number of amides is 1. The molecule has 0 radical (unpaired) electrons. The third-order valence-corrected chi connectivity index (χ3v) is 4.73. The smallest absolute Gasteiger partial charge is 0.220 e. The molecule has 2 aromatic carbocycles. The number of nitrogens with one attached hydrogen (secondary N) is 1. The summed E-state index contributed by atoms with van der Waals surface area (Å²) >= 11 is 0. The van der Waals surface area contributed by atoms with Gasteiger partial charge in [0.15, 0.2) is 17.2 Å². The van der Waals surface area contributed by atoms with Crippen molar-refractivity contribution in [3.8, 4) is 34.1 Å². The number of carbonyl (C=O) groups is 1. The van der Waals surface area contributed by atoms with E-state index in [1.807, 2.05) is 0 Å². The van der Waals surface area contributed by atoms with Crippen LogP contribution in [0.25, 0.3) is 11.1 Å². The van der Waals surface area contributed by atoms with Crippen LogP contribution in [0.15, 0.2) is 29.1 Å². The molecule has 0 unspecified atom stereocenters. The van der Waals surface area contributed by atoms with Gasteiger partial charge >= 0.3 is 0 Å². The fraction of sp³-hybridized carbons (Fsp3) is 0.300. The minimum atomic E-state index is -0.428. The monoisotopic (exact) mass is 371 g/mol. The van der Waals surface area contributed by atoms with Gasteiger partial charge in [-0.2, -0.15) is 0 Å². The van der Waals surface area contributed by atoms with Crippen molar-refractivity contribution in [1.82, 2.24) is 5.32 Å². The van der Waals surface area contributed by atoms with Crippen molar-refractivity contribution in [1.29, 1.82) is 0 Å². The van der Waals surface area contributed by atoms with Gasteiger partial charge < -0.3 is 25.0 Å². The van der Waals surface area contributed by atoms with Gasteiger partial charge in [0, 0.05) is 12.5 Å². The fourth-order valence-electron chi connectivity index (χ4n) is 3.50. The van der Waals surface area contributed by atoms with Crippen LogP contribution >= 0.6 is 0 Å². The van der Waals surface area contributed by atoms with Gasteiger partial charge in [0.1, 0.15) is 0 Å². The number of ether oxygens (including phenoxy) is 2. The molecule has 2 aromatic rings. The molecule has 3 N–H and O–H groups in total. The van der Waals surface area contributed by atoms with Crippen LogP contribution in [0.2, 0.25) is 0 Å². The van der Waals surface area contributed by atoms with Gasteiger partial charge in [-0.3, -0.25) is 9.59 Å². The third kappa shape index (κ3) is 3.28.